The standard InChI is InChI=1S/C16H15F3N4O4/c1-9-11(14(24)22-4-5-27-12(8-22)15(25)26)7-21-23(9)13-3-2-10(6-20-13)16(17,18)19/h2-3,6-7,12H,4-5,8H2,1H3,(H,25,26)/t12-/m1/s1. The van der Waals surface area contributed by atoms with Crippen LogP contribution in [0, 0.1) is 6.92 Å². The van der Waals surface area contributed by atoms with Gasteiger partial charge in [0.05, 0.1) is 36.2 Å². The van der Waals surface area contributed by atoms with Crippen molar-refractivity contribution in [1.29, 1.82) is 0 Å². The van der Waals surface area contributed by atoms with Gasteiger partial charge >= 0.3 is 12.1 Å². The van der Waals surface area contributed by atoms with Crippen molar-refractivity contribution in [2.45, 2.75) is 19.2 Å². The van der Waals surface area contributed by atoms with Crippen molar-refractivity contribution in [3.8, 4) is 5.82 Å². The molecule has 144 valence electrons. The number of carbonyl (C=O) groups is 2. The number of aliphatic carboxylic acids is 1. The lowest BCUT2D eigenvalue weighted by Gasteiger charge is -2.30. The predicted octanol–water partition coefficient (Wildman–Crippen LogP) is 1.52. The van der Waals surface area contributed by atoms with Crippen LogP contribution in [-0.4, -0.2) is 62.4 Å². The molecule has 0 unspecified atom stereocenters. The Morgan fingerprint density at radius 3 is 2.63 bits per heavy atom. The van der Waals surface area contributed by atoms with Crippen molar-refractivity contribution in [3.05, 3.63) is 41.3 Å². The summed E-state index contributed by atoms with van der Waals surface area (Å²) in [5.74, 6) is -1.46. The molecule has 2 aromatic rings. The second kappa shape index (κ2) is 6.99. The summed E-state index contributed by atoms with van der Waals surface area (Å²) >= 11 is 0. The molecule has 0 aliphatic carbocycles. The van der Waals surface area contributed by atoms with E-state index in [-0.39, 0.29) is 31.1 Å². The van der Waals surface area contributed by atoms with Gasteiger partial charge in [0.25, 0.3) is 5.91 Å². The van der Waals surface area contributed by atoms with Gasteiger partial charge < -0.3 is 14.7 Å². The lowest BCUT2D eigenvalue weighted by Crippen LogP contribution is -2.48. The average molecular weight is 384 g/mol. The van der Waals surface area contributed by atoms with Crippen LogP contribution in [0.3, 0.4) is 0 Å². The van der Waals surface area contributed by atoms with Gasteiger partial charge in [0.1, 0.15) is 0 Å². The van der Waals surface area contributed by atoms with E-state index in [0.29, 0.717) is 11.9 Å². The molecule has 0 bridgehead atoms. The Hall–Kier alpha value is -2.95. The number of hydrogen-bond acceptors (Lipinski definition) is 5. The first-order valence-corrected chi connectivity index (χ1v) is 7.90. The topological polar surface area (TPSA) is 97.5 Å². The molecule has 1 N–H and O–H groups in total. The number of carbonyl (C=O) groups excluding carboxylic acids is 1. The van der Waals surface area contributed by atoms with Crippen LogP contribution in [0.2, 0.25) is 0 Å². The van der Waals surface area contributed by atoms with Gasteiger partial charge in [-0.2, -0.15) is 18.3 Å². The molecule has 0 radical (unpaired) electrons. The van der Waals surface area contributed by atoms with Crippen molar-refractivity contribution in [3.63, 3.8) is 0 Å². The highest BCUT2D eigenvalue weighted by Crippen LogP contribution is 2.29. The third kappa shape index (κ3) is 3.77. The van der Waals surface area contributed by atoms with Crippen LogP contribution < -0.4 is 0 Å². The Balaban J connectivity index is 1.82. The third-order valence-electron chi connectivity index (χ3n) is 4.16. The van der Waals surface area contributed by atoms with Crippen molar-refractivity contribution in [2.24, 2.45) is 0 Å². The molecule has 1 aliphatic heterocycles. The minimum Gasteiger partial charge on any atom is -0.479 e. The van der Waals surface area contributed by atoms with Crippen molar-refractivity contribution in [1.82, 2.24) is 19.7 Å². The summed E-state index contributed by atoms with van der Waals surface area (Å²) in [5, 5.41) is 13.1. The van der Waals surface area contributed by atoms with E-state index in [2.05, 4.69) is 10.1 Å². The number of morpholine rings is 1. The molecule has 1 aliphatic rings. The molecule has 3 rings (SSSR count). The highest BCUT2D eigenvalue weighted by molar-refractivity contribution is 5.95. The normalized spacial score (nSPS) is 17.8. The second-order valence-corrected chi connectivity index (χ2v) is 5.91. The zero-order valence-corrected chi connectivity index (χ0v) is 14.1. The first-order chi connectivity index (χ1) is 12.7. The number of nitrogens with zero attached hydrogens (tertiary/aromatic N) is 4. The first kappa shape index (κ1) is 18.8. The van der Waals surface area contributed by atoms with E-state index in [0.717, 1.165) is 12.1 Å². The van der Waals surface area contributed by atoms with Crippen molar-refractivity contribution in [2.75, 3.05) is 19.7 Å². The van der Waals surface area contributed by atoms with Gasteiger partial charge in [0.15, 0.2) is 11.9 Å². The summed E-state index contributed by atoms with van der Waals surface area (Å²) in [7, 11) is 0. The monoisotopic (exact) mass is 384 g/mol. The lowest BCUT2D eigenvalue weighted by molar-refractivity contribution is -0.154. The molecule has 0 spiro atoms. The van der Waals surface area contributed by atoms with E-state index < -0.39 is 29.7 Å². The molecule has 3 heterocycles. The van der Waals surface area contributed by atoms with Crippen LogP contribution in [0.4, 0.5) is 13.2 Å². The van der Waals surface area contributed by atoms with Gasteiger partial charge in [-0.15, -0.1) is 0 Å². The van der Waals surface area contributed by atoms with Crippen molar-refractivity contribution >= 4 is 11.9 Å². The maximum atomic E-state index is 12.7. The number of pyridine rings is 1. The minimum absolute atomic E-state index is 0.0936. The number of halogens is 3. The quantitative estimate of drug-likeness (QED) is 0.862. The molecular formula is C16H15F3N4O4. The first-order valence-electron chi connectivity index (χ1n) is 7.90. The maximum absolute atomic E-state index is 12.7. The highest BCUT2D eigenvalue weighted by atomic mass is 19.4. The number of alkyl halides is 3. The van der Waals surface area contributed by atoms with Gasteiger partial charge in [-0.3, -0.25) is 4.79 Å². The summed E-state index contributed by atoms with van der Waals surface area (Å²) in [5.41, 5.74) is -0.297. The van der Waals surface area contributed by atoms with Crippen LogP contribution in [0.5, 0.6) is 0 Å². The predicted molar refractivity (Wildman–Crippen MR) is 84.4 cm³/mol. The Bertz CT molecular complexity index is 864. The molecule has 1 amide bonds. The Morgan fingerprint density at radius 1 is 1.30 bits per heavy atom. The van der Waals surface area contributed by atoms with Crippen LogP contribution in [0.25, 0.3) is 5.82 Å². The minimum atomic E-state index is -4.50. The Kier molecular flexibility index (Phi) is 4.87. The van der Waals surface area contributed by atoms with Crippen LogP contribution in [0.15, 0.2) is 24.5 Å². The molecule has 27 heavy (non-hydrogen) atoms. The van der Waals surface area contributed by atoms with Gasteiger partial charge in [0.2, 0.25) is 0 Å². The third-order valence-corrected chi connectivity index (χ3v) is 4.16. The van der Waals surface area contributed by atoms with E-state index in [1.807, 2.05) is 0 Å². The summed E-state index contributed by atoms with van der Waals surface area (Å²) in [6, 6.07) is 2.04. The molecule has 1 atom stereocenters. The fraction of sp³-hybridized carbons (Fsp3) is 0.375. The summed E-state index contributed by atoms with van der Waals surface area (Å²) in [6.45, 7) is 1.80. The fourth-order valence-electron chi connectivity index (χ4n) is 2.68. The zero-order chi connectivity index (χ0) is 19.8. The number of carboxylic acids is 1. The van der Waals surface area contributed by atoms with E-state index >= 15 is 0 Å². The Morgan fingerprint density at radius 2 is 2.04 bits per heavy atom. The van der Waals surface area contributed by atoms with E-state index in [1.165, 1.54) is 15.8 Å². The molecule has 8 nitrogen and oxygen atoms in total. The number of carboxylic acid groups (broad SMARTS) is 1. The fourth-order valence-corrected chi connectivity index (χ4v) is 2.68. The maximum Gasteiger partial charge on any atom is 0.417 e. The number of hydrogen-bond donors (Lipinski definition) is 1. The smallest absolute Gasteiger partial charge is 0.417 e. The van der Waals surface area contributed by atoms with E-state index in [9.17, 15) is 22.8 Å². The largest absolute Gasteiger partial charge is 0.479 e. The van der Waals surface area contributed by atoms with Crippen LogP contribution in [0.1, 0.15) is 21.6 Å². The van der Waals surface area contributed by atoms with Crippen LogP contribution in [-0.2, 0) is 15.7 Å². The second-order valence-electron chi connectivity index (χ2n) is 5.91. The van der Waals surface area contributed by atoms with Gasteiger partial charge in [-0.25, -0.2) is 14.5 Å². The number of ether oxygens (including phenoxy) is 1. The molecule has 0 saturated carbocycles. The van der Waals surface area contributed by atoms with Gasteiger partial charge in [0, 0.05) is 12.7 Å². The van der Waals surface area contributed by atoms with E-state index in [4.69, 9.17) is 9.84 Å². The molecular weight excluding hydrogens is 369 g/mol. The molecule has 2 aromatic heterocycles. The van der Waals surface area contributed by atoms with E-state index in [1.54, 1.807) is 6.92 Å². The number of aromatic nitrogens is 3. The van der Waals surface area contributed by atoms with Gasteiger partial charge in [-0.05, 0) is 19.1 Å². The molecule has 1 saturated heterocycles. The summed E-state index contributed by atoms with van der Waals surface area (Å²) in [4.78, 5) is 28.8. The number of rotatable bonds is 3. The molecule has 0 aromatic carbocycles. The summed E-state index contributed by atoms with van der Waals surface area (Å²) < 4.78 is 44.3. The highest BCUT2D eigenvalue weighted by Gasteiger charge is 2.32. The van der Waals surface area contributed by atoms with Crippen molar-refractivity contribution < 1.29 is 32.6 Å². The number of amides is 1. The van der Waals surface area contributed by atoms with Gasteiger partial charge in [-0.1, -0.05) is 0 Å². The van der Waals surface area contributed by atoms with Crippen LogP contribution >= 0.6 is 0 Å². The molecule has 11 heteroatoms. The Labute approximate surface area is 151 Å². The lowest BCUT2D eigenvalue weighted by atomic mass is 10.2. The SMILES string of the molecule is Cc1c(C(=O)N2CCO[C@@H](C(=O)O)C2)cnn1-c1ccc(C(F)(F)F)cn1. The summed E-state index contributed by atoms with van der Waals surface area (Å²) in [6.07, 6.45) is -3.63. The average Bonchev–Trinajstić information content (AvgIpc) is 3.02. The zero-order valence-electron chi connectivity index (χ0n) is 14.1. The molecule has 1 fully saturated rings.